The van der Waals surface area contributed by atoms with E-state index in [1.165, 1.54) is 0 Å². The summed E-state index contributed by atoms with van der Waals surface area (Å²) in [6.45, 7) is 15.8. The van der Waals surface area contributed by atoms with Crippen LogP contribution in [0.5, 0.6) is 0 Å². The molecular weight excluding hydrogens is 328 g/mol. The average Bonchev–Trinajstić information content (AvgIpc) is 3.14. The van der Waals surface area contributed by atoms with Gasteiger partial charge in [-0.05, 0) is 40.5 Å². The lowest BCUT2D eigenvalue weighted by Crippen LogP contribution is -2.57. The summed E-state index contributed by atoms with van der Waals surface area (Å²) in [4.78, 5) is 23.7. The predicted octanol–water partition coefficient (Wildman–Crippen LogP) is 0.578. The van der Waals surface area contributed by atoms with Crippen molar-refractivity contribution in [1.29, 1.82) is 0 Å². The number of piperazine rings is 1. The second-order valence-corrected chi connectivity index (χ2v) is 8.38. The zero-order chi connectivity index (χ0) is 19.2. The lowest BCUT2D eigenvalue weighted by molar-refractivity contribution is -0.135. The molecule has 0 spiro atoms. The van der Waals surface area contributed by atoms with Crippen molar-refractivity contribution in [3.8, 4) is 0 Å². The fourth-order valence-corrected chi connectivity index (χ4v) is 3.62. The van der Waals surface area contributed by atoms with Crippen LogP contribution >= 0.6 is 0 Å². The molecule has 2 fully saturated rings. The number of nitrogens with zero attached hydrogens (tertiary/aromatic N) is 4. The Morgan fingerprint density at radius 3 is 2.15 bits per heavy atom. The number of likely N-dealkylation sites (tertiary alicyclic amines) is 1. The van der Waals surface area contributed by atoms with Crippen LogP contribution in [-0.2, 0) is 4.79 Å². The summed E-state index contributed by atoms with van der Waals surface area (Å²) < 4.78 is 0. The van der Waals surface area contributed by atoms with E-state index < -0.39 is 0 Å². The first-order chi connectivity index (χ1) is 12.3. The monoisotopic (exact) mass is 366 g/mol. The molecule has 0 aromatic heterocycles. The van der Waals surface area contributed by atoms with E-state index in [-0.39, 0.29) is 11.6 Å². The molecule has 7 heteroatoms. The number of guanidine groups is 1. The molecule has 2 rings (SSSR count). The number of nitrogens with one attached hydrogen (secondary N) is 2. The van der Waals surface area contributed by atoms with Gasteiger partial charge in [0, 0.05) is 64.9 Å². The Hall–Kier alpha value is -1.34. The summed E-state index contributed by atoms with van der Waals surface area (Å²) in [7, 11) is 1.84. The number of rotatable bonds is 5. The minimum atomic E-state index is -0.0128. The second-order valence-electron chi connectivity index (χ2n) is 8.38. The number of amides is 1. The lowest BCUT2D eigenvalue weighted by atomic mass is 10.1. The van der Waals surface area contributed by atoms with Crippen molar-refractivity contribution < 1.29 is 4.79 Å². The summed E-state index contributed by atoms with van der Waals surface area (Å²) in [5.41, 5.74) is 0.134. The third-order valence-corrected chi connectivity index (χ3v) is 5.21. The molecular formula is C19H38N6O. The SMILES string of the molecule is CN=C(NCCNC(C)(C)C)N1CCN(C(C)C(=O)N2CCCC2)CC1. The van der Waals surface area contributed by atoms with Crippen LogP contribution in [0, 0.1) is 0 Å². The highest BCUT2D eigenvalue weighted by atomic mass is 16.2. The summed E-state index contributed by atoms with van der Waals surface area (Å²) in [6.07, 6.45) is 2.30. The molecule has 0 saturated carbocycles. The molecule has 2 N–H and O–H groups in total. The Morgan fingerprint density at radius 2 is 1.62 bits per heavy atom. The van der Waals surface area contributed by atoms with E-state index in [0.717, 1.165) is 71.2 Å². The topological polar surface area (TPSA) is 63.2 Å². The van der Waals surface area contributed by atoms with Gasteiger partial charge >= 0.3 is 0 Å². The fraction of sp³-hybridized carbons (Fsp3) is 0.895. The fourth-order valence-electron chi connectivity index (χ4n) is 3.62. The van der Waals surface area contributed by atoms with Gasteiger partial charge < -0.3 is 20.4 Å². The summed E-state index contributed by atoms with van der Waals surface area (Å²) >= 11 is 0. The van der Waals surface area contributed by atoms with Gasteiger partial charge in [-0.2, -0.15) is 0 Å². The zero-order valence-corrected chi connectivity index (χ0v) is 17.3. The molecule has 2 heterocycles. The summed E-state index contributed by atoms with van der Waals surface area (Å²) in [5, 5.41) is 6.92. The Labute approximate surface area is 159 Å². The van der Waals surface area contributed by atoms with E-state index in [1.807, 2.05) is 11.9 Å². The number of carbonyl (C=O) groups is 1. The standard InChI is InChI=1S/C19H38N6O/c1-16(17(26)24-10-6-7-11-24)23-12-14-25(15-13-23)18(20-5)21-8-9-22-19(2,3)4/h16,22H,6-15H2,1-5H3,(H,20,21). The highest BCUT2D eigenvalue weighted by Crippen LogP contribution is 2.14. The van der Waals surface area contributed by atoms with Crippen molar-refractivity contribution in [3.63, 3.8) is 0 Å². The van der Waals surface area contributed by atoms with E-state index in [1.54, 1.807) is 0 Å². The van der Waals surface area contributed by atoms with Crippen LogP contribution in [0.1, 0.15) is 40.5 Å². The van der Waals surface area contributed by atoms with E-state index in [2.05, 4.69) is 53.1 Å². The predicted molar refractivity (Wildman–Crippen MR) is 108 cm³/mol. The number of hydrogen-bond donors (Lipinski definition) is 2. The smallest absolute Gasteiger partial charge is 0.239 e. The summed E-state index contributed by atoms with van der Waals surface area (Å²) in [5.74, 6) is 1.26. The van der Waals surface area contributed by atoms with Gasteiger partial charge in [0.2, 0.25) is 5.91 Å². The molecule has 26 heavy (non-hydrogen) atoms. The molecule has 2 aliphatic rings. The van der Waals surface area contributed by atoms with Gasteiger partial charge in [0.15, 0.2) is 5.96 Å². The molecule has 0 radical (unpaired) electrons. The molecule has 1 unspecified atom stereocenters. The Bertz CT molecular complexity index is 473. The van der Waals surface area contributed by atoms with Crippen molar-refractivity contribution in [2.75, 3.05) is 59.4 Å². The van der Waals surface area contributed by atoms with Crippen LogP contribution in [0.4, 0.5) is 0 Å². The maximum atomic E-state index is 12.6. The van der Waals surface area contributed by atoms with E-state index >= 15 is 0 Å². The van der Waals surface area contributed by atoms with Crippen LogP contribution in [0.2, 0.25) is 0 Å². The molecule has 1 amide bonds. The quantitative estimate of drug-likeness (QED) is 0.423. The molecule has 2 aliphatic heterocycles. The molecule has 0 bridgehead atoms. The zero-order valence-electron chi connectivity index (χ0n) is 17.3. The van der Waals surface area contributed by atoms with Gasteiger partial charge in [0.05, 0.1) is 6.04 Å². The van der Waals surface area contributed by atoms with Gasteiger partial charge in [-0.15, -0.1) is 0 Å². The molecule has 0 aliphatic carbocycles. The Kier molecular flexibility index (Phi) is 7.70. The maximum Gasteiger partial charge on any atom is 0.239 e. The Balaban J connectivity index is 1.74. The van der Waals surface area contributed by atoms with Crippen LogP contribution < -0.4 is 10.6 Å². The third-order valence-electron chi connectivity index (χ3n) is 5.21. The van der Waals surface area contributed by atoms with Crippen molar-refractivity contribution in [1.82, 2.24) is 25.3 Å². The Morgan fingerprint density at radius 1 is 1.00 bits per heavy atom. The number of hydrogen-bond acceptors (Lipinski definition) is 4. The molecule has 7 nitrogen and oxygen atoms in total. The summed E-state index contributed by atoms with van der Waals surface area (Å²) in [6, 6.07) is -0.0128. The first-order valence-electron chi connectivity index (χ1n) is 10.1. The van der Waals surface area contributed by atoms with E-state index in [9.17, 15) is 4.79 Å². The van der Waals surface area contributed by atoms with Crippen molar-refractivity contribution in [2.24, 2.45) is 4.99 Å². The van der Waals surface area contributed by atoms with Gasteiger partial charge in [0.1, 0.15) is 0 Å². The van der Waals surface area contributed by atoms with Gasteiger partial charge in [-0.3, -0.25) is 14.7 Å². The highest BCUT2D eigenvalue weighted by molar-refractivity contribution is 5.82. The minimum Gasteiger partial charge on any atom is -0.355 e. The van der Waals surface area contributed by atoms with Crippen molar-refractivity contribution in [2.45, 2.75) is 52.1 Å². The van der Waals surface area contributed by atoms with Crippen LogP contribution in [0.25, 0.3) is 0 Å². The van der Waals surface area contributed by atoms with Crippen molar-refractivity contribution in [3.05, 3.63) is 0 Å². The third kappa shape index (κ3) is 6.13. The molecule has 2 saturated heterocycles. The average molecular weight is 367 g/mol. The van der Waals surface area contributed by atoms with Crippen LogP contribution in [0.15, 0.2) is 4.99 Å². The highest BCUT2D eigenvalue weighted by Gasteiger charge is 2.30. The molecule has 0 aromatic rings. The van der Waals surface area contributed by atoms with Crippen LogP contribution in [0.3, 0.4) is 0 Å². The first kappa shape index (κ1) is 21.0. The number of aliphatic imine (C=N–C) groups is 1. The molecule has 0 aromatic carbocycles. The number of carbonyl (C=O) groups excluding carboxylic acids is 1. The van der Waals surface area contributed by atoms with Crippen molar-refractivity contribution >= 4 is 11.9 Å². The first-order valence-corrected chi connectivity index (χ1v) is 10.1. The second kappa shape index (κ2) is 9.55. The molecule has 150 valence electrons. The largest absolute Gasteiger partial charge is 0.355 e. The van der Waals surface area contributed by atoms with Crippen LogP contribution in [-0.4, -0.2) is 97.6 Å². The van der Waals surface area contributed by atoms with Gasteiger partial charge in [-0.25, -0.2) is 0 Å². The van der Waals surface area contributed by atoms with Gasteiger partial charge in [0.25, 0.3) is 0 Å². The van der Waals surface area contributed by atoms with Gasteiger partial charge in [-0.1, -0.05) is 0 Å². The molecule has 1 atom stereocenters. The van der Waals surface area contributed by atoms with E-state index in [4.69, 9.17) is 0 Å². The minimum absolute atomic E-state index is 0.0128. The normalized spacial score (nSPS) is 21.2. The maximum absolute atomic E-state index is 12.6. The lowest BCUT2D eigenvalue weighted by Gasteiger charge is -2.39. The van der Waals surface area contributed by atoms with E-state index in [0.29, 0.717) is 5.91 Å².